The molecule has 1 aromatic rings. The third-order valence-corrected chi connectivity index (χ3v) is 3.27. The number of nitrogens with zero attached hydrogens (tertiary/aromatic N) is 1. The molecule has 0 aliphatic carbocycles. The van der Waals surface area contributed by atoms with Crippen LogP contribution in [0.2, 0.25) is 0 Å². The number of benzene rings is 1. The molecule has 104 valence electrons. The molecule has 1 N–H and O–H groups in total. The maximum atomic E-state index is 11.1. The number of hydrogen-bond acceptors (Lipinski definition) is 5. The molecule has 0 fully saturated rings. The van der Waals surface area contributed by atoms with E-state index in [0.29, 0.717) is 24.5 Å². The normalized spacial score (nSPS) is 15.4. The van der Waals surface area contributed by atoms with Gasteiger partial charge in [0.1, 0.15) is 13.2 Å². The number of rotatable bonds is 4. The minimum absolute atomic E-state index is 0.0610. The van der Waals surface area contributed by atoms with Gasteiger partial charge in [-0.3, -0.25) is 10.1 Å². The third-order valence-electron chi connectivity index (χ3n) is 3.27. The van der Waals surface area contributed by atoms with Crippen molar-refractivity contribution in [3.05, 3.63) is 27.8 Å². The summed E-state index contributed by atoms with van der Waals surface area (Å²) in [5.41, 5.74) is 0.597. The van der Waals surface area contributed by atoms with E-state index in [1.54, 1.807) is 6.07 Å². The maximum absolute atomic E-state index is 11.1. The van der Waals surface area contributed by atoms with Gasteiger partial charge >= 0.3 is 5.69 Å². The summed E-state index contributed by atoms with van der Waals surface area (Å²) in [7, 11) is 0. The molecule has 6 heteroatoms. The lowest BCUT2D eigenvalue weighted by molar-refractivity contribution is -0.386. The second-order valence-electron chi connectivity index (χ2n) is 4.85. The standard InChI is InChI=1S/C13H17NO5/c1-8(2)10(7-15)9-5-11(14(16)17)13-12(6-9)18-3-4-19-13/h5-6,8,10,15H,3-4,7H2,1-2H3. The van der Waals surface area contributed by atoms with Crippen molar-refractivity contribution in [2.24, 2.45) is 5.92 Å². The zero-order valence-electron chi connectivity index (χ0n) is 11.0. The van der Waals surface area contributed by atoms with Crippen LogP contribution in [0, 0.1) is 16.0 Å². The van der Waals surface area contributed by atoms with Crippen LogP contribution in [0.15, 0.2) is 12.1 Å². The van der Waals surface area contributed by atoms with E-state index in [1.165, 1.54) is 6.07 Å². The molecular formula is C13H17NO5. The van der Waals surface area contributed by atoms with E-state index in [2.05, 4.69) is 0 Å². The van der Waals surface area contributed by atoms with Crippen LogP contribution < -0.4 is 9.47 Å². The number of hydrogen-bond donors (Lipinski definition) is 1. The summed E-state index contributed by atoms with van der Waals surface area (Å²) in [5, 5.41) is 20.6. The highest BCUT2D eigenvalue weighted by molar-refractivity contribution is 5.59. The van der Waals surface area contributed by atoms with Crippen molar-refractivity contribution in [1.82, 2.24) is 0 Å². The topological polar surface area (TPSA) is 81.8 Å². The maximum Gasteiger partial charge on any atom is 0.315 e. The first-order valence-electron chi connectivity index (χ1n) is 6.23. The summed E-state index contributed by atoms with van der Waals surface area (Å²) in [6.45, 7) is 4.54. The van der Waals surface area contributed by atoms with Crippen molar-refractivity contribution in [2.75, 3.05) is 19.8 Å². The highest BCUT2D eigenvalue weighted by Gasteiger charge is 2.28. The van der Waals surface area contributed by atoms with Crippen molar-refractivity contribution >= 4 is 5.69 Å². The second-order valence-corrected chi connectivity index (χ2v) is 4.85. The molecule has 0 radical (unpaired) electrons. The lowest BCUT2D eigenvalue weighted by atomic mass is 9.88. The van der Waals surface area contributed by atoms with Gasteiger partial charge in [0.25, 0.3) is 0 Å². The quantitative estimate of drug-likeness (QED) is 0.667. The van der Waals surface area contributed by atoms with Gasteiger partial charge in [-0.2, -0.15) is 0 Å². The van der Waals surface area contributed by atoms with Crippen LogP contribution in [0.3, 0.4) is 0 Å². The number of nitro groups is 1. The van der Waals surface area contributed by atoms with E-state index in [4.69, 9.17) is 9.47 Å². The molecular weight excluding hydrogens is 250 g/mol. The minimum Gasteiger partial charge on any atom is -0.486 e. The Kier molecular flexibility index (Phi) is 3.90. The average Bonchev–Trinajstić information content (AvgIpc) is 2.38. The molecule has 1 aliphatic rings. The van der Waals surface area contributed by atoms with Crippen molar-refractivity contribution < 1.29 is 19.5 Å². The van der Waals surface area contributed by atoms with Gasteiger partial charge in [0.15, 0.2) is 5.75 Å². The van der Waals surface area contributed by atoms with E-state index in [9.17, 15) is 15.2 Å². The number of aliphatic hydroxyl groups is 1. The number of ether oxygens (including phenoxy) is 2. The van der Waals surface area contributed by atoms with Gasteiger partial charge in [-0.1, -0.05) is 13.8 Å². The van der Waals surface area contributed by atoms with Gasteiger partial charge in [0.05, 0.1) is 11.5 Å². The Hall–Kier alpha value is -1.82. The molecule has 0 saturated heterocycles. The van der Waals surface area contributed by atoms with E-state index in [1.807, 2.05) is 13.8 Å². The van der Waals surface area contributed by atoms with Crippen LogP contribution >= 0.6 is 0 Å². The van der Waals surface area contributed by atoms with Crippen LogP contribution in [-0.4, -0.2) is 29.9 Å². The predicted molar refractivity (Wildman–Crippen MR) is 68.8 cm³/mol. The molecule has 1 unspecified atom stereocenters. The zero-order chi connectivity index (χ0) is 14.0. The molecule has 1 aliphatic heterocycles. The van der Waals surface area contributed by atoms with E-state index in [-0.39, 0.29) is 29.9 Å². The van der Waals surface area contributed by atoms with E-state index >= 15 is 0 Å². The SMILES string of the molecule is CC(C)C(CO)c1cc2c(c([N+](=O)[O-])c1)OCCO2. The molecule has 1 heterocycles. The summed E-state index contributed by atoms with van der Waals surface area (Å²) in [4.78, 5) is 10.6. The highest BCUT2D eigenvalue weighted by atomic mass is 16.6. The van der Waals surface area contributed by atoms with Gasteiger partial charge in [0, 0.05) is 12.0 Å². The molecule has 6 nitrogen and oxygen atoms in total. The molecule has 0 aromatic heterocycles. The fraction of sp³-hybridized carbons (Fsp3) is 0.538. The van der Waals surface area contributed by atoms with Crippen molar-refractivity contribution in [2.45, 2.75) is 19.8 Å². The molecule has 19 heavy (non-hydrogen) atoms. The predicted octanol–water partition coefficient (Wildman–Crippen LogP) is 2.10. The molecule has 1 aromatic carbocycles. The Bertz CT molecular complexity index is 486. The summed E-state index contributed by atoms with van der Waals surface area (Å²) >= 11 is 0. The Morgan fingerprint density at radius 2 is 2.05 bits per heavy atom. The summed E-state index contributed by atoms with van der Waals surface area (Å²) < 4.78 is 10.7. The van der Waals surface area contributed by atoms with Gasteiger partial charge in [0.2, 0.25) is 5.75 Å². The molecule has 0 spiro atoms. The van der Waals surface area contributed by atoms with Gasteiger partial charge < -0.3 is 14.6 Å². The van der Waals surface area contributed by atoms with Crippen molar-refractivity contribution in [1.29, 1.82) is 0 Å². The first kappa shape index (κ1) is 13.6. The van der Waals surface area contributed by atoms with Gasteiger partial charge in [-0.15, -0.1) is 0 Å². The van der Waals surface area contributed by atoms with Crippen LogP contribution in [0.4, 0.5) is 5.69 Å². The number of nitro benzene ring substituents is 1. The summed E-state index contributed by atoms with van der Waals surface area (Å²) in [6.07, 6.45) is 0. The fourth-order valence-electron chi connectivity index (χ4n) is 2.21. The molecule has 1 atom stereocenters. The number of fused-ring (bicyclic) bond motifs is 1. The Morgan fingerprint density at radius 3 is 2.63 bits per heavy atom. The second kappa shape index (κ2) is 5.44. The smallest absolute Gasteiger partial charge is 0.315 e. The first-order chi connectivity index (χ1) is 9.04. The lowest BCUT2D eigenvalue weighted by Gasteiger charge is -2.23. The third kappa shape index (κ3) is 2.63. The Morgan fingerprint density at radius 1 is 1.37 bits per heavy atom. The van der Waals surface area contributed by atoms with Crippen LogP contribution in [0.5, 0.6) is 11.5 Å². The van der Waals surface area contributed by atoms with Crippen molar-refractivity contribution in [3.8, 4) is 11.5 Å². The van der Waals surface area contributed by atoms with E-state index < -0.39 is 4.92 Å². The minimum atomic E-state index is -0.480. The summed E-state index contributed by atoms with van der Waals surface area (Å²) in [6, 6.07) is 3.19. The lowest BCUT2D eigenvalue weighted by Crippen LogP contribution is -2.18. The summed E-state index contributed by atoms with van der Waals surface area (Å²) in [5.74, 6) is 0.580. The highest BCUT2D eigenvalue weighted by Crippen LogP contribution is 2.42. The van der Waals surface area contributed by atoms with Crippen LogP contribution in [0.25, 0.3) is 0 Å². The number of aliphatic hydroxyl groups excluding tert-OH is 1. The zero-order valence-corrected chi connectivity index (χ0v) is 11.0. The molecule has 0 saturated carbocycles. The fourth-order valence-corrected chi connectivity index (χ4v) is 2.21. The van der Waals surface area contributed by atoms with E-state index in [0.717, 1.165) is 0 Å². The van der Waals surface area contributed by atoms with Crippen LogP contribution in [-0.2, 0) is 0 Å². The van der Waals surface area contributed by atoms with Crippen molar-refractivity contribution in [3.63, 3.8) is 0 Å². The Labute approximate surface area is 111 Å². The Balaban J connectivity index is 2.52. The van der Waals surface area contributed by atoms with Crippen LogP contribution in [0.1, 0.15) is 25.3 Å². The molecule has 0 bridgehead atoms. The van der Waals surface area contributed by atoms with Gasteiger partial charge in [-0.25, -0.2) is 0 Å². The first-order valence-corrected chi connectivity index (χ1v) is 6.23. The molecule has 2 rings (SSSR count). The van der Waals surface area contributed by atoms with Gasteiger partial charge in [-0.05, 0) is 17.5 Å². The monoisotopic (exact) mass is 267 g/mol. The molecule has 0 amide bonds. The average molecular weight is 267 g/mol. The largest absolute Gasteiger partial charge is 0.486 e.